The lowest BCUT2D eigenvalue weighted by atomic mass is 10.3. The van der Waals surface area contributed by atoms with Crippen molar-refractivity contribution in [1.29, 1.82) is 0 Å². The van der Waals surface area contributed by atoms with Gasteiger partial charge in [-0.1, -0.05) is 5.21 Å². The molecule has 1 aliphatic carbocycles. The zero-order chi connectivity index (χ0) is 10.7. The summed E-state index contributed by atoms with van der Waals surface area (Å²) in [5.41, 5.74) is 0.979. The molecule has 5 nitrogen and oxygen atoms in total. The third-order valence-electron chi connectivity index (χ3n) is 2.51. The summed E-state index contributed by atoms with van der Waals surface area (Å²) in [6.45, 7) is 3.32. The van der Waals surface area contributed by atoms with Gasteiger partial charge in [0.1, 0.15) is 0 Å². The van der Waals surface area contributed by atoms with Crippen LogP contribution in [0.1, 0.15) is 31.9 Å². The molecule has 0 amide bonds. The Morgan fingerprint density at radius 3 is 3.13 bits per heavy atom. The van der Waals surface area contributed by atoms with Gasteiger partial charge in [-0.05, 0) is 26.2 Å². The lowest BCUT2D eigenvalue weighted by Crippen LogP contribution is -2.15. The fourth-order valence-electron chi connectivity index (χ4n) is 1.38. The molecular formula is C10H18N4O. The highest BCUT2D eigenvalue weighted by atomic mass is 16.3. The van der Waals surface area contributed by atoms with Crippen molar-refractivity contribution in [2.75, 3.05) is 0 Å². The minimum Gasteiger partial charge on any atom is -0.393 e. The van der Waals surface area contributed by atoms with E-state index in [-0.39, 0.29) is 6.10 Å². The van der Waals surface area contributed by atoms with Gasteiger partial charge in [-0.15, -0.1) is 5.10 Å². The molecule has 15 heavy (non-hydrogen) atoms. The molecular weight excluding hydrogens is 192 g/mol. The summed E-state index contributed by atoms with van der Waals surface area (Å²) in [5, 5.41) is 20.6. The minimum absolute atomic E-state index is 0.276. The molecule has 84 valence electrons. The predicted molar refractivity (Wildman–Crippen MR) is 56.2 cm³/mol. The van der Waals surface area contributed by atoms with Crippen LogP contribution in [0.25, 0.3) is 0 Å². The van der Waals surface area contributed by atoms with E-state index in [1.807, 2.05) is 6.20 Å². The number of aryl methyl sites for hydroxylation is 1. The van der Waals surface area contributed by atoms with Gasteiger partial charge in [-0.2, -0.15) is 0 Å². The molecule has 1 atom stereocenters. The average Bonchev–Trinajstić information content (AvgIpc) is 2.92. The highest BCUT2D eigenvalue weighted by Crippen LogP contribution is 2.18. The van der Waals surface area contributed by atoms with E-state index in [1.165, 1.54) is 12.8 Å². The molecule has 0 spiro atoms. The summed E-state index contributed by atoms with van der Waals surface area (Å²) in [6, 6.07) is 0.701. The van der Waals surface area contributed by atoms with E-state index in [4.69, 9.17) is 5.11 Å². The third kappa shape index (κ3) is 3.60. The highest BCUT2D eigenvalue weighted by molar-refractivity contribution is 4.94. The first-order chi connectivity index (χ1) is 7.24. The van der Waals surface area contributed by atoms with Crippen LogP contribution in [-0.4, -0.2) is 32.2 Å². The van der Waals surface area contributed by atoms with E-state index in [2.05, 4.69) is 15.6 Å². The molecule has 0 aromatic carbocycles. The van der Waals surface area contributed by atoms with Crippen LogP contribution < -0.4 is 5.32 Å². The molecule has 2 rings (SSSR count). The number of hydrogen-bond acceptors (Lipinski definition) is 4. The van der Waals surface area contributed by atoms with Gasteiger partial charge in [-0.25, -0.2) is 0 Å². The van der Waals surface area contributed by atoms with Gasteiger partial charge < -0.3 is 10.4 Å². The van der Waals surface area contributed by atoms with Crippen LogP contribution in [0.5, 0.6) is 0 Å². The number of aliphatic hydroxyl groups excluding tert-OH is 1. The third-order valence-corrected chi connectivity index (χ3v) is 2.51. The number of rotatable bonds is 6. The second kappa shape index (κ2) is 4.72. The lowest BCUT2D eigenvalue weighted by Gasteiger charge is -2.02. The molecule has 0 aliphatic heterocycles. The van der Waals surface area contributed by atoms with Gasteiger partial charge in [0.05, 0.1) is 11.8 Å². The average molecular weight is 210 g/mol. The molecule has 0 saturated heterocycles. The first-order valence-electron chi connectivity index (χ1n) is 5.54. The second-order valence-corrected chi connectivity index (χ2v) is 4.27. The summed E-state index contributed by atoms with van der Waals surface area (Å²) in [4.78, 5) is 0. The van der Waals surface area contributed by atoms with Crippen molar-refractivity contribution in [2.24, 2.45) is 0 Å². The summed E-state index contributed by atoms with van der Waals surface area (Å²) in [6.07, 6.45) is 4.96. The van der Waals surface area contributed by atoms with E-state index >= 15 is 0 Å². The number of aromatic nitrogens is 3. The molecule has 0 bridgehead atoms. The minimum atomic E-state index is -0.276. The molecule has 1 fully saturated rings. The molecule has 1 heterocycles. The maximum absolute atomic E-state index is 9.13. The molecule has 1 saturated carbocycles. The van der Waals surface area contributed by atoms with Gasteiger partial charge in [-0.3, -0.25) is 4.68 Å². The van der Waals surface area contributed by atoms with E-state index in [9.17, 15) is 0 Å². The van der Waals surface area contributed by atoms with Crippen LogP contribution in [0, 0.1) is 0 Å². The monoisotopic (exact) mass is 210 g/mol. The summed E-state index contributed by atoms with van der Waals surface area (Å²) < 4.78 is 1.79. The molecule has 0 radical (unpaired) electrons. The van der Waals surface area contributed by atoms with Crippen molar-refractivity contribution in [2.45, 2.75) is 51.4 Å². The van der Waals surface area contributed by atoms with Gasteiger partial charge in [0.25, 0.3) is 0 Å². The number of nitrogens with zero attached hydrogens (tertiary/aromatic N) is 3. The molecule has 1 aromatic heterocycles. The predicted octanol–water partition coefficient (Wildman–Crippen LogP) is 0.301. The van der Waals surface area contributed by atoms with Crippen molar-refractivity contribution < 1.29 is 5.11 Å². The standard InChI is InChI=1S/C10H18N4O/c1-8(15)4-5-14-7-10(12-13-14)6-11-9-2-3-9/h7-9,11,15H,2-6H2,1H3. The summed E-state index contributed by atoms with van der Waals surface area (Å²) >= 11 is 0. The van der Waals surface area contributed by atoms with Crippen molar-refractivity contribution in [3.8, 4) is 0 Å². The maximum Gasteiger partial charge on any atom is 0.0964 e. The Balaban J connectivity index is 1.75. The van der Waals surface area contributed by atoms with Gasteiger partial charge in [0, 0.05) is 25.3 Å². The fraction of sp³-hybridized carbons (Fsp3) is 0.800. The molecule has 2 N–H and O–H groups in total. The van der Waals surface area contributed by atoms with E-state index in [0.29, 0.717) is 6.04 Å². The molecule has 5 heteroatoms. The SMILES string of the molecule is CC(O)CCn1cc(CNC2CC2)nn1. The topological polar surface area (TPSA) is 63.0 Å². The molecule has 1 aliphatic rings. The normalized spacial score (nSPS) is 18.0. The van der Waals surface area contributed by atoms with Gasteiger partial charge in [0.15, 0.2) is 0 Å². The van der Waals surface area contributed by atoms with Crippen LogP contribution in [0.15, 0.2) is 6.20 Å². The second-order valence-electron chi connectivity index (χ2n) is 4.27. The smallest absolute Gasteiger partial charge is 0.0964 e. The Hall–Kier alpha value is -0.940. The summed E-state index contributed by atoms with van der Waals surface area (Å²) in [5.74, 6) is 0. The van der Waals surface area contributed by atoms with Crippen LogP contribution in [0.3, 0.4) is 0 Å². The van der Waals surface area contributed by atoms with Crippen LogP contribution in [0.2, 0.25) is 0 Å². The zero-order valence-electron chi connectivity index (χ0n) is 9.06. The van der Waals surface area contributed by atoms with Gasteiger partial charge in [0.2, 0.25) is 0 Å². The quantitative estimate of drug-likeness (QED) is 0.709. The Morgan fingerprint density at radius 1 is 1.67 bits per heavy atom. The number of hydrogen-bond donors (Lipinski definition) is 2. The van der Waals surface area contributed by atoms with Gasteiger partial charge >= 0.3 is 0 Å². The maximum atomic E-state index is 9.13. The Labute approximate surface area is 89.5 Å². The lowest BCUT2D eigenvalue weighted by molar-refractivity contribution is 0.176. The Kier molecular flexibility index (Phi) is 3.33. The van der Waals surface area contributed by atoms with Crippen LogP contribution in [0.4, 0.5) is 0 Å². The van der Waals surface area contributed by atoms with Crippen molar-refractivity contribution in [3.63, 3.8) is 0 Å². The Morgan fingerprint density at radius 2 is 2.47 bits per heavy atom. The van der Waals surface area contributed by atoms with Crippen molar-refractivity contribution in [1.82, 2.24) is 20.3 Å². The van der Waals surface area contributed by atoms with Crippen molar-refractivity contribution in [3.05, 3.63) is 11.9 Å². The fourth-order valence-corrected chi connectivity index (χ4v) is 1.38. The Bertz CT molecular complexity index is 286. The van der Waals surface area contributed by atoms with Crippen LogP contribution in [-0.2, 0) is 13.1 Å². The van der Waals surface area contributed by atoms with Crippen molar-refractivity contribution >= 4 is 0 Å². The molecule has 1 aromatic rings. The van der Waals surface area contributed by atoms with E-state index in [0.717, 1.165) is 25.2 Å². The number of aliphatic hydroxyl groups is 1. The van der Waals surface area contributed by atoms with Crippen LogP contribution >= 0.6 is 0 Å². The largest absolute Gasteiger partial charge is 0.393 e. The van der Waals surface area contributed by atoms with E-state index < -0.39 is 0 Å². The first kappa shape index (κ1) is 10.6. The first-order valence-corrected chi connectivity index (χ1v) is 5.54. The highest BCUT2D eigenvalue weighted by Gasteiger charge is 2.20. The zero-order valence-corrected chi connectivity index (χ0v) is 9.06. The molecule has 1 unspecified atom stereocenters. The summed E-state index contributed by atoms with van der Waals surface area (Å²) in [7, 11) is 0. The number of nitrogens with one attached hydrogen (secondary N) is 1. The van der Waals surface area contributed by atoms with E-state index in [1.54, 1.807) is 11.6 Å².